The summed E-state index contributed by atoms with van der Waals surface area (Å²) in [6.07, 6.45) is 3.94. The molecule has 3 aromatic rings. The molecule has 1 amide bonds. The predicted molar refractivity (Wildman–Crippen MR) is 124 cm³/mol. The molecule has 2 heterocycles. The maximum absolute atomic E-state index is 13.7. The fraction of sp³-hybridized carbons (Fsp3) is 0.308. The van der Waals surface area contributed by atoms with E-state index in [1.165, 1.54) is 5.57 Å². The molecule has 0 atom stereocenters. The quantitative estimate of drug-likeness (QED) is 0.648. The van der Waals surface area contributed by atoms with Gasteiger partial charge >= 0.3 is 0 Å². The van der Waals surface area contributed by atoms with Gasteiger partial charge in [-0.05, 0) is 60.9 Å². The summed E-state index contributed by atoms with van der Waals surface area (Å²) in [5.74, 6) is 0.992. The number of fused-ring (bicyclic) bond motifs is 2. The van der Waals surface area contributed by atoms with Crippen LogP contribution in [0.1, 0.15) is 33.6 Å². The summed E-state index contributed by atoms with van der Waals surface area (Å²) in [5, 5.41) is 0.968. The zero-order valence-electron chi connectivity index (χ0n) is 18.1. The van der Waals surface area contributed by atoms with Gasteiger partial charge in [-0.2, -0.15) is 0 Å². The summed E-state index contributed by atoms with van der Waals surface area (Å²) in [5.41, 5.74) is 6.13. The molecule has 1 saturated heterocycles. The molecule has 0 spiro atoms. The highest BCUT2D eigenvalue weighted by molar-refractivity contribution is 6.09. The zero-order chi connectivity index (χ0) is 21.4. The van der Waals surface area contributed by atoms with E-state index in [1.54, 1.807) is 7.11 Å². The minimum atomic E-state index is 0.147. The van der Waals surface area contributed by atoms with Gasteiger partial charge < -0.3 is 14.5 Å². The van der Waals surface area contributed by atoms with Gasteiger partial charge in [-0.15, -0.1) is 0 Å². The number of pyridine rings is 1. The molecule has 158 valence electrons. The summed E-state index contributed by atoms with van der Waals surface area (Å²) in [4.78, 5) is 22.9. The average molecular weight is 414 g/mol. The first kappa shape index (κ1) is 19.8. The molecule has 0 bridgehead atoms. The van der Waals surface area contributed by atoms with Gasteiger partial charge in [0.1, 0.15) is 5.75 Å². The smallest absolute Gasteiger partial charge is 0.254 e. The largest absolute Gasteiger partial charge is 0.497 e. The number of carbonyl (C=O) groups is 1. The number of methoxy groups -OCH3 is 1. The molecule has 5 nitrogen and oxygen atoms in total. The lowest BCUT2D eigenvalue weighted by Crippen LogP contribution is -2.47. The van der Waals surface area contributed by atoms with Crippen LogP contribution < -0.4 is 4.74 Å². The van der Waals surface area contributed by atoms with Crippen molar-refractivity contribution in [1.29, 1.82) is 0 Å². The molecule has 31 heavy (non-hydrogen) atoms. The lowest BCUT2D eigenvalue weighted by molar-refractivity contribution is 0.0665. The van der Waals surface area contributed by atoms with Crippen molar-refractivity contribution in [1.82, 2.24) is 14.8 Å². The second kappa shape index (κ2) is 8.16. The van der Waals surface area contributed by atoms with Gasteiger partial charge in [0.25, 0.3) is 5.91 Å². The molecular formula is C26H27N3O2. The highest BCUT2D eigenvalue weighted by Crippen LogP contribution is 2.38. The minimum absolute atomic E-state index is 0.147. The van der Waals surface area contributed by atoms with E-state index in [0.29, 0.717) is 0 Å². The SMILES string of the molecule is COc1ccc(C=C2CCc3c2nc2ccccc2c3C(=O)N2CCN(C)CC2)cc1. The van der Waals surface area contributed by atoms with Gasteiger partial charge in [-0.25, -0.2) is 4.98 Å². The number of hydrogen-bond donors (Lipinski definition) is 0. The number of hydrogen-bond acceptors (Lipinski definition) is 4. The number of nitrogens with zero attached hydrogens (tertiary/aromatic N) is 3. The number of aromatic nitrogens is 1. The Hall–Kier alpha value is -3.18. The second-order valence-corrected chi connectivity index (χ2v) is 8.37. The molecule has 0 radical (unpaired) electrons. The lowest BCUT2D eigenvalue weighted by atomic mass is 9.99. The van der Waals surface area contributed by atoms with Gasteiger partial charge in [0.2, 0.25) is 0 Å². The van der Waals surface area contributed by atoms with E-state index in [-0.39, 0.29) is 5.91 Å². The van der Waals surface area contributed by atoms with Gasteiger partial charge in [0.05, 0.1) is 23.9 Å². The third-order valence-electron chi connectivity index (χ3n) is 6.40. The van der Waals surface area contributed by atoms with Crippen molar-refractivity contribution >= 4 is 28.5 Å². The van der Waals surface area contributed by atoms with Crippen LogP contribution in [0.5, 0.6) is 5.75 Å². The van der Waals surface area contributed by atoms with Crippen LogP contribution in [0.4, 0.5) is 0 Å². The van der Waals surface area contributed by atoms with E-state index in [1.807, 2.05) is 41.3 Å². The monoisotopic (exact) mass is 413 g/mol. The van der Waals surface area contributed by atoms with Crippen molar-refractivity contribution in [2.75, 3.05) is 40.3 Å². The first-order chi connectivity index (χ1) is 15.1. The van der Waals surface area contributed by atoms with Crippen molar-refractivity contribution < 1.29 is 9.53 Å². The Kier molecular flexibility index (Phi) is 5.20. The van der Waals surface area contributed by atoms with Crippen LogP contribution in [0.15, 0.2) is 48.5 Å². The molecule has 1 aromatic heterocycles. The number of carbonyl (C=O) groups excluding carboxylic acids is 1. The van der Waals surface area contributed by atoms with Gasteiger partial charge in [-0.3, -0.25) is 4.79 Å². The minimum Gasteiger partial charge on any atom is -0.497 e. The molecule has 1 aliphatic heterocycles. The van der Waals surface area contributed by atoms with Gasteiger partial charge in [0, 0.05) is 31.6 Å². The molecule has 0 saturated carbocycles. The number of piperazine rings is 1. The molecule has 5 rings (SSSR count). The number of ether oxygens (including phenoxy) is 1. The van der Waals surface area contributed by atoms with E-state index >= 15 is 0 Å². The van der Waals surface area contributed by atoms with Crippen molar-refractivity contribution in [3.8, 4) is 5.75 Å². The van der Waals surface area contributed by atoms with Crippen LogP contribution in [0.2, 0.25) is 0 Å². The van der Waals surface area contributed by atoms with E-state index in [9.17, 15) is 4.79 Å². The van der Waals surface area contributed by atoms with E-state index in [0.717, 1.165) is 78.1 Å². The molecule has 0 unspecified atom stereocenters. The fourth-order valence-corrected chi connectivity index (χ4v) is 4.59. The summed E-state index contributed by atoms with van der Waals surface area (Å²) >= 11 is 0. The Balaban J connectivity index is 1.59. The lowest BCUT2D eigenvalue weighted by Gasteiger charge is -2.33. The number of para-hydroxylation sites is 1. The number of amides is 1. The average Bonchev–Trinajstić information content (AvgIpc) is 3.20. The van der Waals surface area contributed by atoms with Crippen molar-refractivity contribution in [2.45, 2.75) is 12.8 Å². The predicted octanol–water partition coefficient (Wildman–Crippen LogP) is 4.12. The summed E-state index contributed by atoms with van der Waals surface area (Å²) in [7, 11) is 3.78. The van der Waals surface area contributed by atoms with Crippen LogP contribution in [-0.2, 0) is 6.42 Å². The van der Waals surface area contributed by atoms with Crippen LogP contribution in [0, 0.1) is 0 Å². The molecule has 2 aliphatic rings. The molecule has 2 aromatic carbocycles. The Morgan fingerprint density at radius 3 is 2.48 bits per heavy atom. The van der Waals surface area contributed by atoms with Crippen molar-refractivity contribution in [3.63, 3.8) is 0 Å². The second-order valence-electron chi connectivity index (χ2n) is 8.37. The van der Waals surface area contributed by atoms with Gasteiger partial charge in [0.15, 0.2) is 0 Å². The Bertz CT molecular complexity index is 1160. The number of rotatable bonds is 3. The van der Waals surface area contributed by atoms with Crippen LogP contribution in [0.25, 0.3) is 22.6 Å². The molecular weight excluding hydrogens is 386 g/mol. The number of benzene rings is 2. The van der Waals surface area contributed by atoms with Crippen molar-refractivity contribution in [3.05, 3.63) is 70.9 Å². The normalized spacial score (nSPS) is 17.9. The van der Waals surface area contributed by atoms with Crippen LogP contribution in [-0.4, -0.2) is 61.0 Å². The standard InChI is InChI=1S/C26H27N3O2/c1-28-13-15-29(16-14-28)26(30)24-21-5-3-4-6-23(21)27-25-19(9-12-22(24)25)17-18-7-10-20(31-2)11-8-18/h3-8,10-11,17H,9,12-16H2,1-2H3. The topological polar surface area (TPSA) is 45.7 Å². The van der Waals surface area contributed by atoms with E-state index < -0.39 is 0 Å². The van der Waals surface area contributed by atoms with Crippen LogP contribution in [0.3, 0.4) is 0 Å². The maximum atomic E-state index is 13.7. The Morgan fingerprint density at radius 1 is 1.00 bits per heavy atom. The summed E-state index contributed by atoms with van der Waals surface area (Å²) < 4.78 is 5.27. The number of allylic oxidation sites excluding steroid dienone is 1. The molecule has 1 fully saturated rings. The van der Waals surface area contributed by atoms with Gasteiger partial charge in [-0.1, -0.05) is 30.3 Å². The third kappa shape index (κ3) is 3.70. The third-order valence-corrected chi connectivity index (χ3v) is 6.40. The molecule has 0 N–H and O–H groups in total. The zero-order valence-corrected chi connectivity index (χ0v) is 18.1. The fourth-order valence-electron chi connectivity index (χ4n) is 4.59. The number of likely N-dealkylation sites (N-methyl/N-ethyl adjacent to an activating group) is 1. The van der Waals surface area contributed by atoms with E-state index in [2.05, 4.69) is 30.2 Å². The van der Waals surface area contributed by atoms with Crippen molar-refractivity contribution in [2.24, 2.45) is 0 Å². The summed E-state index contributed by atoms with van der Waals surface area (Å²) in [6.45, 7) is 3.38. The van der Waals surface area contributed by atoms with E-state index in [4.69, 9.17) is 9.72 Å². The summed E-state index contributed by atoms with van der Waals surface area (Å²) in [6, 6.07) is 16.1. The first-order valence-corrected chi connectivity index (χ1v) is 10.9. The highest BCUT2D eigenvalue weighted by Gasteiger charge is 2.30. The Labute approximate surface area is 182 Å². The maximum Gasteiger partial charge on any atom is 0.254 e. The molecule has 1 aliphatic carbocycles. The Morgan fingerprint density at radius 2 is 1.74 bits per heavy atom. The van der Waals surface area contributed by atoms with Crippen LogP contribution >= 0.6 is 0 Å². The molecule has 5 heteroatoms. The highest BCUT2D eigenvalue weighted by atomic mass is 16.5. The first-order valence-electron chi connectivity index (χ1n) is 10.9.